The van der Waals surface area contributed by atoms with E-state index in [1.54, 1.807) is 0 Å². The Morgan fingerprint density at radius 2 is 2.28 bits per heavy atom. The zero-order valence-electron chi connectivity index (χ0n) is 11.8. The molecule has 1 aromatic rings. The van der Waals surface area contributed by atoms with E-state index in [-0.39, 0.29) is 11.5 Å². The number of ether oxygens (including phenoxy) is 1. The molecule has 1 aliphatic rings. The number of rotatable bonds is 5. The highest BCUT2D eigenvalue weighted by molar-refractivity contribution is 5.10. The minimum atomic E-state index is 0.207. The van der Waals surface area contributed by atoms with Crippen LogP contribution in [0, 0.1) is 5.41 Å². The van der Waals surface area contributed by atoms with Crippen LogP contribution in [0.3, 0.4) is 0 Å². The molecule has 3 atom stereocenters. The van der Waals surface area contributed by atoms with Crippen LogP contribution in [-0.2, 0) is 4.74 Å². The van der Waals surface area contributed by atoms with E-state index < -0.39 is 0 Å². The van der Waals surface area contributed by atoms with E-state index >= 15 is 0 Å². The van der Waals surface area contributed by atoms with Crippen LogP contribution in [0.1, 0.15) is 45.9 Å². The summed E-state index contributed by atoms with van der Waals surface area (Å²) in [5, 5.41) is 3.67. The van der Waals surface area contributed by atoms with Crippen molar-refractivity contribution in [3.8, 4) is 0 Å². The molecule has 1 heterocycles. The summed E-state index contributed by atoms with van der Waals surface area (Å²) < 4.78 is 5.75. The first-order valence-electron chi connectivity index (χ1n) is 6.84. The molecule has 0 spiro atoms. The summed E-state index contributed by atoms with van der Waals surface area (Å²) in [5.41, 5.74) is 1.31. The van der Waals surface area contributed by atoms with Crippen LogP contribution in [0.2, 0.25) is 0 Å². The molecular weight excluding hydrogens is 224 g/mol. The van der Waals surface area contributed by atoms with E-state index in [0.717, 1.165) is 18.7 Å². The highest BCUT2D eigenvalue weighted by atomic mass is 16.5. The Bertz CT molecular complexity index is 377. The van der Waals surface area contributed by atoms with Crippen molar-refractivity contribution in [3.05, 3.63) is 30.1 Å². The standard InChI is InChI=1S/C15H24N2O/c1-5-18-14-10-13(15(14,3)4)17-11(2)12-8-6-7-9-16-12/h6-9,11,13-14,17H,5,10H2,1-4H3. The van der Waals surface area contributed by atoms with Gasteiger partial charge in [-0.2, -0.15) is 0 Å². The van der Waals surface area contributed by atoms with Gasteiger partial charge in [-0.25, -0.2) is 0 Å². The third kappa shape index (κ3) is 2.57. The first-order chi connectivity index (χ1) is 8.55. The summed E-state index contributed by atoms with van der Waals surface area (Å²) in [7, 11) is 0. The topological polar surface area (TPSA) is 34.1 Å². The number of hydrogen-bond acceptors (Lipinski definition) is 3. The van der Waals surface area contributed by atoms with Gasteiger partial charge in [-0.05, 0) is 32.4 Å². The van der Waals surface area contributed by atoms with Crippen LogP contribution in [-0.4, -0.2) is 23.7 Å². The van der Waals surface area contributed by atoms with Crippen LogP contribution in [0.4, 0.5) is 0 Å². The predicted molar refractivity (Wildman–Crippen MR) is 73.4 cm³/mol. The molecule has 1 fully saturated rings. The minimum absolute atomic E-state index is 0.207. The predicted octanol–water partition coefficient (Wildman–Crippen LogP) is 2.94. The van der Waals surface area contributed by atoms with Crippen molar-refractivity contribution in [3.63, 3.8) is 0 Å². The Kier molecular flexibility index (Phi) is 4.03. The molecule has 100 valence electrons. The van der Waals surface area contributed by atoms with Crippen LogP contribution >= 0.6 is 0 Å². The molecule has 1 aliphatic carbocycles. The van der Waals surface area contributed by atoms with Crippen LogP contribution < -0.4 is 5.32 Å². The SMILES string of the molecule is CCOC1CC(NC(C)c2ccccn2)C1(C)C. The Labute approximate surface area is 110 Å². The lowest BCUT2D eigenvalue weighted by molar-refractivity contribution is -0.116. The second-order valence-corrected chi connectivity index (χ2v) is 5.70. The Hall–Kier alpha value is -0.930. The lowest BCUT2D eigenvalue weighted by atomic mass is 9.64. The first kappa shape index (κ1) is 13.5. The van der Waals surface area contributed by atoms with Gasteiger partial charge >= 0.3 is 0 Å². The van der Waals surface area contributed by atoms with Gasteiger partial charge in [0.2, 0.25) is 0 Å². The maximum atomic E-state index is 5.75. The largest absolute Gasteiger partial charge is 0.378 e. The molecule has 0 bridgehead atoms. The summed E-state index contributed by atoms with van der Waals surface area (Å²) in [4.78, 5) is 4.40. The highest BCUT2D eigenvalue weighted by Gasteiger charge is 2.49. The summed E-state index contributed by atoms with van der Waals surface area (Å²) in [6.45, 7) is 9.59. The number of nitrogens with one attached hydrogen (secondary N) is 1. The molecule has 18 heavy (non-hydrogen) atoms. The van der Waals surface area contributed by atoms with Gasteiger partial charge in [0.1, 0.15) is 0 Å². The van der Waals surface area contributed by atoms with E-state index in [4.69, 9.17) is 4.74 Å². The third-order valence-electron chi connectivity index (χ3n) is 4.13. The summed E-state index contributed by atoms with van der Waals surface area (Å²) in [6, 6.07) is 6.86. The smallest absolute Gasteiger partial charge is 0.0655 e. The minimum Gasteiger partial charge on any atom is -0.378 e. The zero-order chi connectivity index (χ0) is 13.2. The molecule has 1 N–H and O–H groups in total. The molecule has 3 nitrogen and oxygen atoms in total. The van der Waals surface area contributed by atoms with Crippen molar-refractivity contribution < 1.29 is 4.74 Å². The molecule has 1 saturated carbocycles. The van der Waals surface area contributed by atoms with Gasteiger partial charge in [-0.15, -0.1) is 0 Å². The number of aromatic nitrogens is 1. The summed E-state index contributed by atoms with van der Waals surface area (Å²) >= 11 is 0. The average molecular weight is 248 g/mol. The summed E-state index contributed by atoms with van der Waals surface area (Å²) in [5.74, 6) is 0. The molecule has 2 rings (SSSR count). The second-order valence-electron chi connectivity index (χ2n) is 5.70. The molecule has 1 aromatic heterocycles. The monoisotopic (exact) mass is 248 g/mol. The summed E-state index contributed by atoms with van der Waals surface area (Å²) in [6.07, 6.45) is 3.33. The van der Waals surface area contributed by atoms with Gasteiger partial charge in [0, 0.05) is 30.3 Å². The number of hydrogen-bond donors (Lipinski definition) is 1. The fraction of sp³-hybridized carbons (Fsp3) is 0.667. The quantitative estimate of drug-likeness (QED) is 0.870. The van der Waals surface area contributed by atoms with Gasteiger partial charge < -0.3 is 10.1 Å². The molecule has 3 heteroatoms. The molecule has 0 radical (unpaired) electrons. The van der Waals surface area contributed by atoms with Gasteiger partial charge in [0.05, 0.1) is 11.8 Å². The normalized spacial score (nSPS) is 27.6. The average Bonchev–Trinajstić information content (AvgIpc) is 2.38. The van der Waals surface area contributed by atoms with E-state index in [1.165, 1.54) is 0 Å². The molecule has 0 aliphatic heterocycles. The molecule has 0 amide bonds. The van der Waals surface area contributed by atoms with E-state index in [0.29, 0.717) is 12.1 Å². The molecular formula is C15H24N2O. The Morgan fingerprint density at radius 1 is 1.50 bits per heavy atom. The van der Waals surface area contributed by atoms with E-state index in [2.05, 4.69) is 44.1 Å². The fourth-order valence-corrected chi connectivity index (χ4v) is 2.67. The molecule has 0 aromatic carbocycles. The number of pyridine rings is 1. The van der Waals surface area contributed by atoms with Crippen molar-refractivity contribution in [1.82, 2.24) is 10.3 Å². The third-order valence-corrected chi connectivity index (χ3v) is 4.13. The first-order valence-corrected chi connectivity index (χ1v) is 6.84. The maximum Gasteiger partial charge on any atom is 0.0655 e. The number of nitrogens with zero attached hydrogens (tertiary/aromatic N) is 1. The second kappa shape index (κ2) is 5.37. The molecule has 0 saturated heterocycles. The lowest BCUT2D eigenvalue weighted by Gasteiger charge is -2.52. The highest BCUT2D eigenvalue weighted by Crippen LogP contribution is 2.43. The van der Waals surface area contributed by atoms with Gasteiger partial charge in [-0.1, -0.05) is 19.9 Å². The molecule has 3 unspecified atom stereocenters. The zero-order valence-corrected chi connectivity index (χ0v) is 11.8. The van der Waals surface area contributed by atoms with Gasteiger partial charge in [0.25, 0.3) is 0 Å². The van der Waals surface area contributed by atoms with Crippen molar-refractivity contribution in [1.29, 1.82) is 0 Å². The van der Waals surface area contributed by atoms with Gasteiger partial charge in [-0.3, -0.25) is 4.98 Å². The lowest BCUT2D eigenvalue weighted by Crippen LogP contribution is -2.61. The maximum absolute atomic E-state index is 5.75. The van der Waals surface area contributed by atoms with E-state index in [1.807, 2.05) is 18.3 Å². The van der Waals surface area contributed by atoms with Crippen LogP contribution in [0.25, 0.3) is 0 Å². The fourth-order valence-electron chi connectivity index (χ4n) is 2.67. The van der Waals surface area contributed by atoms with Crippen LogP contribution in [0.15, 0.2) is 24.4 Å². The van der Waals surface area contributed by atoms with Crippen molar-refractivity contribution >= 4 is 0 Å². The van der Waals surface area contributed by atoms with Crippen molar-refractivity contribution in [2.75, 3.05) is 6.61 Å². The van der Waals surface area contributed by atoms with E-state index in [9.17, 15) is 0 Å². The van der Waals surface area contributed by atoms with Crippen molar-refractivity contribution in [2.24, 2.45) is 5.41 Å². The van der Waals surface area contributed by atoms with Gasteiger partial charge in [0.15, 0.2) is 0 Å². The van der Waals surface area contributed by atoms with Crippen molar-refractivity contribution in [2.45, 2.75) is 52.3 Å². The Morgan fingerprint density at radius 3 is 2.83 bits per heavy atom. The Balaban J connectivity index is 1.92. The van der Waals surface area contributed by atoms with Crippen LogP contribution in [0.5, 0.6) is 0 Å².